The smallest absolute Gasteiger partial charge is 0.331 e. The van der Waals surface area contributed by atoms with Gasteiger partial charge in [-0.25, -0.2) is 4.79 Å². The molecule has 0 atom stereocenters. The van der Waals surface area contributed by atoms with Gasteiger partial charge in [0, 0.05) is 6.08 Å². The van der Waals surface area contributed by atoms with Gasteiger partial charge in [0.2, 0.25) is 0 Å². The second-order valence-corrected chi connectivity index (χ2v) is 5.05. The summed E-state index contributed by atoms with van der Waals surface area (Å²) in [5.41, 5.74) is 5.26. The number of carbonyl (C=O) groups is 1. The van der Waals surface area contributed by atoms with Crippen molar-refractivity contribution in [2.24, 2.45) is 0 Å². The van der Waals surface area contributed by atoms with Crippen LogP contribution in [0.5, 0.6) is 0 Å². The number of benzene rings is 2. The summed E-state index contributed by atoms with van der Waals surface area (Å²) in [5, 5.41) is 0. The van der Waals surface area contributed by atoms with Crippen LogP contribution in [0.15, 0.2) is 54.6 Å². The Morgan fingerprint density at radius 3 is 1.95 bits per heavy atom. The van der Waals surface area contributed by atoms with Crippen LogP contribution in [0, 0.1) is 13.8 Å². The molecule has 0 heterocycles. The zero-order valence-corrected chi connectivity index (χ0v) is 12.7. The molecule has 0 unspecified atom stereocenters. The van der Waals surface area contributed by atoms with E-state index in [0.717, 1.165) is 27.8 Å². The molecule has 0 aliphatic rings. The molecular formula is C19H20O2. The monoisotopic (exact) mass is 280 g/mol. The van der Waals surface area contributed by atoms with Crippen molar-refractivity contribution in [2.45, 2.75) is 20.8 Å². The van der Waals surface area contributed by atoms with Gasteiger partial charge in [0.25, 0.3) is 0 Å². The highest BCUT2D eigenvalue weighted by Crippen LogP contribution is 2.25. The van der Waals surface area contributed by atoms with Gasteiger partial charge in [-0.3, -0.25) is 0 Å². The van der Waals surface area contributed by atoms with E-state index in [0.29, 0.717) is 6.61 Å². The van der Waals surface area contributed by atoms with Crippen LogP contribution in [0.4, 0.5) is 0 Å². The molecule has 0 bridgehead atoms. The maximum atomic E-state index is 11.9. The number of rotatable bonds is 4. The van der Waals surface area contributed by atoms with E-state index in [-0.39, 0.29) is 5.97 Å². The Morgan fingerprint density at radius 1 is 1.00 bits per heavy atom. The van der Waals surface area contributed by atoms with Crippen molar-refractivity contribution in [1.82, 2.24) is 0 Å². The van der Waals surface area contributed by atoms with E-state index in [4.69, 9.17) is 4.74 Å². The summed E-state index contributed by atoms with van der Waals surface area (Å²) in [5.74, 6) is -0.310. The van der Waals surface area contributed by atoms with Gasteiger partial charge in [0.1, 0.15) is 0 Å². The van der Waals surface area contributed by atoms with Gasteiger partial charge in [0.15, 0.2) is 0 Å². The number of ether oxygens (including phenoxy) is 1. The Hall–Kier alpha value is -2.35. The van der Waals surface area contributed by atoms with E-state index in [2.05, 4.69) is 12.1 Å². The molecule has 2 heteroatoms. The van der Waals surface area contributed by atoms with Crippen LogP contribution in [0.25, 0.3) is 5.57 Å². The van der Waals surface area contributed by atoms with Crippen molar-refractivity contribution < 1.29 is 9.53 Å². The van der Waals surface area contributed by atoms with Crippen LogP contribution < -0.4 is 0 Å². The molecule has 2 rings (SSSR count). The molecule has 2 aromatic rings. The average molecular weight is 280 g/mol. The lowest BCUT2D eigenvalue weighted by atomic mass is 9.95. The molecule has 0 fully saturated rings. The first-order chi connectivity index (χ1) is 10.1. The van der Waals surface area contributed by atoms with Crippen LogP contribution in [-0.2, 0) is 9.53 Å². The summed E-state index contributed by atoms with van der Waals surface area (Å²) in [6.07, 6.45) is 1.58. The molecule has 0 saturated carbocycles. The number of aryl methyl sites for hydroxylation is 2. The molecule has 0 aliphatic heterocycles. The van der Waals surface area contributed by atoms with Gasteiger partial charge in [0.05, 0.1) is 6.61 Å². The summed E-state index contributed by atoms with van der Waals surface area (Å²) in [6.45, 7) is 6.28. The lowest BCUT2D eigenvalue weighted by molar-refractivity contribution is -0.137. The molecule has 0 amide bonds. The van der Waals surface area contributed by atoms with Gasteiger partial charge in [-0.2, -0.15) is 0 Å². The summed E-state index contributed by atoms with van der Waals surface area (Å²) in [7, 11) is 0. The van der Waals surface area contributed by atoms with Crippen LogP contribution in [0.1, 0.15) is 29.2 Å². The van der Waals surface area contributed by atoms with Crippen LogP contribution >= 0.6 is 0 Å². The first-order valence-electron chi connectivity index (χ1n) is 7.12. The minimum absolute atomic E-state index is 0.310. The fraction of sp³-hybridized carbons (Fsp3) is 0.211. The zero-order valence-electron chi connectivity index (χ0n) is 12.7. The molecule has 0 radical (unpaired) electrons. The molecule has 21 heavy (non-hydrogen) atoms. The van der Waals surface area contributed by atoms with Crippen LogP contribution in [0.2, 0.25) is 0 Å². The van der Waals surface area contributed by atoms with E-state index >= 15 is 0 Å². The van der Waals surface area contributed by atoms with Crippen molar-refractivity contribution in [3.8, 4) is 0 Å². The third-order valence-corrected chi connectivity index (χ3v) is 3.21. The maximum Gasteiger partial charge on any atom is 0.331 e. The third-order valence-electron chi connectivity index (χ3n) is 3.21. The predicted octanol–water partition coefficient (Wildman–Crippen LogP) is 4.30. The van der Waals surface area contributed by atoms with Crippen molar-refractivity contribution in [3.05, 3.63) is 76.9 Å². The van der Waals surface area contributed by atoms with Crippen molar-refractivity contribution >= 4 is 11.5 Å². The lowest BCUT2D eigenvalue weighted by Gasteiger charge is -2.10. The van der Waals surface area contributed by atoms with E-state index < -0.39 is 0 Å². The predicted molar refractivity (Wildman–Crippen MR) is 86.1 cm³/mol. The minimum atomic E-state index is -0.310. The molecule has 2 aromatic carbocycles. The summed E-state index contributed by atoms with van der Waals surface area (Å²) < 4.78 is 5.06. The summed E-state index contributed by atoms with van der Waals surface area (Å²) in [6, 6.07) is 16.3. The number of hydrogen-bond acceptors (Lipinski definition) is 2. The molecule has 0 saturated heterocycles. The van der Waals surface area contributed by atoms with Crippen molar-refractivity contribution in [2.75, 3.05) is 6.61 Å². The SMILES string of the molecule is CCOC(=O)C=C(c1cccc(C)c1)c1cccc(C)c1. The highest BCUT2D eigenvalue weighted by atomic mass is 16.5. The Balaban J connectivity index is 2.52. The molecule has 0 aromatic heterocycles. The fourth-order valence-corrected chi connectivity index (χ4v) is 2.26. The molecule has 0 spiro atoms. The van der Waals surface area contributed by atoms with Gasteiger partial charge < -0.3 is 4.74 Å². The first kappa shape index (κ1) is 15.0. The summed E-state index contributed by atoms with van der Waals surface area (Å²) >= 11 is 0. The molecule has 0 N–H and O–H groups in total. The van der Waals surface area contributed by atoms with Crippen LogP contribution in [0.3, 0.4) is 0 Å². The Morgan fingerprint density at radius 2 is 1.52 bits per heavy atom. The van der Waals surface area contributed by atoms with Crippen molar-refractivity contribution in [3.63, 3.8) is 0 Å². The van der Waals surface area contributed by atoms with Gasteiger partial charge in [-0.05, 0) is 37.5 Å². The molecule has 2 nitrogen and oxygen atoms in total. The minimum Gasteiger partial charge on any atom is -0.463 e. The second-order valence-electron chi connectivity index (χ2n) is 5.05. The molecule has 0 aliphatic carbocycles. The van der Waals surface area contributed by atoms with Crippen molar-refractivity contribution in [1.29, 1.82) is 0 Å². The number of hydrogen-bond donors (Lipinski definition) is 0. The maximum absolute atomic E-state index is 11.9. The molecule has 108 valence electrons. The van der Waals surface area contributed by atoms with Gasteiger partial charge in [-0.15, -0.1) is 0 Å². The lowest BCUT2D eigenvalue weighted by Crippen LogP contribution is -2.02. The third kappa shape index (κ3) is 4.06. The van der Waals surface area contributed by atoms with Gasteiger partial charge in [-0.1, -0.05) is 59.7 Å². The van der Waals surface area contributed by atoms with E-state index in [1.165, 1.54) is 0 Å². The zero-order chi connectivity index (χ0) is 15.2. The standard InChI is InChI=1S/C19H20O2/c1-4-21-19(20)13-18(16-9-5-7-14(2)11-16)17-10-6-8-15(3)12-17/h5-13H,4H2,1-3H3. The quantitative estimate of drug-likeness (QED) is 0.616. The first-order valence-corrected chi connectivity index (χ1v) is 7.12. The topological polar surface area (TPSA) is 26.3 Å². The Labute approximate surface area is 126 Å². The highest BCUT2D eigenvalue weighted by Gasteiger charge is 2.09. The van der Waals surface area contributed by atoms with E-state index in [1.807, 2.05) is 57.2 Å². The van der Waals surface area contributed by atoms with Crippen LogP contribution in [-0.4, -0.2) is 12.6 Å². The Bertz CT molecular complexity index is 621. The number of esters is 1. The van der Waals surface area contributed by atoms with E-state index in [9.17, 15) is 4.79 Å². The number of carbonyl (C=O) groups excluding carboxylic acids is 1. The summed E-state index contributed by atoms with van der Waals surface area (Å²) in [4.78, 5) is 11.9. The average Bonchev–Trinajstić information content (AvgIpc) is 2.45. The Kier molecular flexibility index (Phi) is 4.94. The normalized spacial score (nSPS) is 10.0. The fourth-order valence-electron chi connectivity index (χ4n) is 2.26. The molecular weight excluding hydrogens is 260 g/mol. The second kappa shape index (κ2) is 6.89. The van der Waals surface area contributed by atoms with E-state index in [1.54, 1.807) is 6.08 Å². The largest absolute Gasteiger partial charge is 0.463 e. The van der Waals surface area contributed by atoms with Gasteiger partial charge >= 0.3 is 5.97 Å². The highest BCUT2D eigenvalue weighted by molar-refractivity contribution is 5.96.